The van der Waals surface area contributed by atoms with Gasteiger partial charge in [0, 0.05) is 18.1 Å². The summed E-state index contributed by atoms with van der Waals surface area (Å²) in [6.07, 6.45) is 0. The molecule has 0 heterocycles. The minimum Gasteiger partial charge on any atom is -0.425 e. The number of benzene rings is 3. The summed E-state index contributed by atoms with van der Waals surface area (Å²) >= 11 is 0. The fraction of sp³-hybridized carbons (Fsp3) is 0.0455. The van der Waals surface area contributed by atoms with E-state index in [1.165, 1.54) is 6.92 Å². The van der Waals surface area contributed by atoms with Gasteiger partial charge in [0.05, 0.1) is 0 Å². The highest BCUT2D eigenvalue weighted by Crippen LogP contribution is 2.33. The molecular weight excluding hydrogens is 296 g/mol. The number of carbonyl (C=O) groups excluding carboxylic acids is 1. The highest BCUT2D eigenvalue weighted by atomic mass is 16.5. The summed E-state index contributed by atoms with van der Waals surface area (Å²) in [4.78, 5) is 11.7. The minimum absolute atomic E-state index is 0.335. The normalized spacial score (nSPS) is 10.0. The van der Waals surface area contributed by atoms with Crippen molar-refractivity contribution < 1.29 is 9.53 Å². The van der Waals surface area contributed by atoms with Crippen LogP contribution >= 0.6 is 0 Å². The summed E-state index contributed by atoms with van der Waals surface area (Å²) in [5.74, 6) is 0.235. The largest absolute Gasteiger partial charge is 0.425 e. The second-order valence-electron chi connectivity index (χ2n) is 5.40. The Hall–Kier alpha value is -3.13. The zero-order valence-electron chi connectivity index (χ0n) is 13.5. The molecule has 0 aromatic heterocycles. The summed E-state index contributed by atoms with van der Waals surface area (Å²) in [5.41, 5.74) is 3.78. The first-order chi connectivity index (χ1) is 11.8. The zero-order chi connectivity index (χ0) is 16.8. The third-order valence-electron chi connectivity index (χ3n) is 3.63. The van der Waals surface area contributed by atoms with E-state index in [4.69, 9.17) is 4.74 Å². The molecule has 0 atom stereocenters. The molecule has 3 aromatic carbocycles. The number of hydrogen-bond acceptors (Lipinski definition) is 2. The first kappa shape index (κ1) is 15.8. The molecule has 0 radical (unpaired) electrons. The van der Waals surface area contributed by atoms with E-state index in [9.17, 15) is 4.79 Å². The number of ether oxygens (including phenoxy) is 1. The maximum atomic E-state index is 11.7. The molecule has 0 aliphatic carbocycles. The molecule has 118 valence electrons. The Kier molecular flexibility index (Phi) is 4.87. The molecule has 0 aliphatic rings. The Labute approximate surface area is 142 Å². The van der Waals surface area contributed by atoms with Crippen LogP contribution in [0.25, 0.3) is 11.3 Å². The molecule has 0 fully saturated rings. The Morgan fingerprint density at radius 2 is 1.00 bits per heavy atom. The third kappa shape index (κ3) is 3.61. The third-order valence-corrected chi connectivity index (χ3v) is 3.63. The molecule has 2 nitrogen and oxygen atoms in total. The van der Waals surface area contributed by atoms with Crippen molar-refractivity contribution in [3.63, 3.8) is 0 Å². The molecule has 3 aromatic rings. The lowest BCUT2D eigenvalue weighted by molar-refractivity contribution is -0.134. The van der Waals surface area contributed by atoms with Crippen molar-refractivity contribution in [3.8, 4) is 0 Å². The lowest BCUT2D eigenvalue weighted by Gasteiger charge is -2.16. The number of esters is 1. The SMILES string of the molecule is CC(=O)OC(=C(c1ccccc1)c1ccccc1)c1ccccc1. The molecule has 0 spiro atoms. The van der Waals surface area contributed by atoms with Crippen LogP contribution in [0.3, 0.4) is 0 Å². The van der Waals surface area contributed by atoms with Gasteiger partial charge in [-0.15, -0.1) is 0 Å². The van der Waals surface area contributed by atoms with Gasteiger partial charge >= 0.3 is 5.97 Å². The van der Waals surface area contributed by atoms with Crippen molar-refractivity contribution in [1.82, 2.24) is 0 Å². The summed E-state index contributed by atoms with van der Waals surface area (Å²) in [5, 5.41) is 0. The molecule has 0 aliphatic heterocycles. The van der Waals surface area contributed by atoms with Crippen LogP contribution in [-0.2, 0) is 9.53 Å². The Bertz CT molecular complexity index is 793. The average molecular weight is 314 g/mol. The van der Waals surface area contributed by atoms with Gasteiger partial charge in [-0.05, 0) is 11.1 Å². The van der Waals surface area contributed by atoms with Crippen LogP contribution in [0, 0.1) is 0 Å². The lowest BCUT2D eigenvalue weighted by atomic mass is 9.94. The van der Waals surface area contributed by atoms with Gasteiger partial charge in [0.15, 0.2) is 0 Å². The summed E-state index contributed by atoms with van der Waals surface area (Å²) in [7, 11) is 0. The Morgan fingerprint density at radius 1 is 0.625 bits per heavy atom. The summed E-state index contributed by atoms with van der Waals surface area (Å²) in [6.45, 7) is 1.43. The Balaban J connectivity index is 2.30. The van der Waals surface area contributed by atoms with Crippen molar-refractivity contribution in [1.29, 1.82) is 0 Å². The maximum Gasteiger partial charge on any atom is 0.308 e. The molecule has 3 rings (SSSR count). The van der Waals surface area contributed by atoms with E-state index in [0.717, 1.165) is 22.3 Å². The van der Waals surface area contributed by atoms with Crippen LogP contribution in [0.5, 0.6) is 0 Å². The summed E-state index contributed by atoms with van der Waals surface area (Å²) in [6, 6.07) is 29.7. The highest BCUT2D eigenvalue weighted by Gasteiger charge is 2.16. The van der Waals surface area contributed by atoms with Crippen LogP contribution < -0.4 is 0 Å². The molecular formula is C22H18O2. The monoisotopic (exact) mass is 314 g/mol. The number of hydrogen-bond donors (Lipinski definition) is 0. The molecule has 2 heteroatoms. The highest BCUT2D eigenvalue weighted by molar-refractivity contribution is 5.98. The molecule has 0 unspecified atom stereocenters. The first-order valence-corrected chi connectivity index (χ1v) is 7.84. The van der Waals surface area contributed by atoms with Crippen molar-refractivity contribution in [3.05, 3.63) is 108 Å². The fourth-order valence-corrected chi connectivity index (χ4v) is 2.63. The van der Waals surface area contributed by atoms with Gasteiger partial charge in [-0.3, -0.25) is 4.79 Å². The molecule has 0 bridgehead atoms. The average Bonchev–Trinajstić information content (AvgIpc) is 2.63. The van der Waals surface area contributed by atoms with Gasteiger partial charge in [0.1, 0.15) is 5.76 Å². The fourth-order valence-electron chi connectivity index (χ4n) is 2.63. The minimum atomic E-state index is -0.335. The van der Waals surface area contributed by atoms with E-state index in [2.05, 4.69) is 0 Å². The molecule has 0 saturated carbocycles. The zero-order valence-corrected chi connectivity index (χ0v) is 13.5. The predicted molar refractivity (Wildman–Crippen MR) is 97.0 cm³/mol. The van der Waals surface area contributed by atoms with E-state index in [0.29, 0.717) is 5.76 Å². The van der Waals surface area contributed by atoms with E-state index in [-0.39, 0.29) is 5.97 Å². The maximum absolute atomic E-state index is 11.7. The molecule has 0 saturated heterocycles. The van der Waals surface area contributed by atoms with Gasteiger partial charge in [0.2, 0.25) is 0 Å². The van der Waals surface area contributed by atoms with Crippen molar-refractivity contribution in [2.45, 2.75) is 6.92 Å². The Morgan fingerprint density at radius 3 is 1.38 bits per heavy atom. The van der Waals surface area contributed by atoms with Crippen LogP contribution in [0.15, 0.2) is 91.0 Å². The van der Waals surface area contributed by atoms with E-state index in [1.54, 1.807) is 0 Å². The van der Waals surface area contributed by atoms with Gasteiger partial charge in [-0.1, -0.05) is 91.0 Å². The van der Waals surface area contributed by atoms with Gasteiger partial charge in [0.25, 0.3) is 0 Å². The van der Waals surface area contributed by atoms with Crippen LogP contribution in [-0.4, -0.2) is 5.97 Å². The van der Waals surface area contributed by atoms with E-state index >= 15 is 0 Å². The van der Waals surface area contributed by atoms with E-state index < -0.39 is 0 Å². The lowest BCUT2D eigenvalue weighted by Crippen LogP contribution is -2.03. The summed E-state index contributed by atoms with van der Waals surface area (Å²) < 4.78 is 5.65. The number of rotatable bonds is 4. The predicted octanol–water partition coefficient (Wildman–Crippen LogP) is 5.17. The van der Waals surface area contributed by atoms with Crippen LogP contribution in [0.4, 0.5) is 0 Å². The quantitative estimate of drug-likeness (QED) is 0.377. The van der Waals surface area contributed by atoms with Gasteiger partial charge < -0.3 is 4.74 Å². The first-order valence-electron chi connectivity index (χ1n) is 7.84. The van der Waals surface area contributed by atoms with Crippen molar-refractivity contribution >= 4 is 17.3 Å². The van der Waals surface area contributed by atoms with Crippen molar-refractivity contribution in [2.24, 2.45) is 0 Å². The number of carbonyl (C=O) groups is 1. The van der Waals surface area contributed by atoms with Gasteiger partial charge in [-0.25, -0.2) is 0 Å². The molecule has 0 amide bonds. The molecule has 24 heavy (non-hydrogen) atoms. The molecule has 0 N–H and O–H groups in total. The second-order valence-corrected chi connectivity index (χ2v) is 5.40. The van der Waals surface area contributed by atoms with Crippen LogP contribution in [0.2, 0.25) is 0 Å². The van der Waals surface area contributed by atoms with Crippen LogP contribution in [0.1, 0.15) is 23.6 Å². The van der Waals surface area contributed by atoms with E-state index in [1.807, 2.05) is 91.0 Å². The van der Waals surface area contributed by atoms with Crippen molar-refractivity contribution in [2.75, 3.05) is 0 Å². The smallest absolute Gasteiger partial charge is 0.308 e. The topological polar surface area (TPSA) is 26.3 Å². The second kappa shape index (κ2) is 7.42. The van der Waals surface area contributed by atoms with Gasteiger partial charge in [-0.2, -0.15) is 0 Å². The standard InChI is InChI=1S/C22H18O2/c1-17(23)24-22(20-15-9-4-10-16-20)21(18-11-5-2-6-12-18)19-13-7-3-8-14-19/h2-16H,1H3.